The van der Waals surface area contributed by atoms with Gasteiger partial charge in [-0.15, -0.1) is 0 Å². The molecule has 3 N–H and O–H groups in total. The Labute approximate surface area is 135 Å². The van der Waals surface area contributed by atoms with E-state index in [1.165, 1.54) is 10.4 Å². The van der Waals surface area contributed by atoms with Crippen molar-refractivity contribution in [2.45, 2.75) is 25.8 Å². The second kappa shape index (κ2) is 7.10. The molecule has 2 amide bonds. The monoisotopic (exact) mass is 339 g/mol. The summed E-state index contributed by atoms with van der Waals surface area (Å²) in [5.41, 5.74) is 5.85. The highest BCUT2D eigenvalue weighted by Gasteiger charge is 2.27. The Balaban J connectivity index is 1.95. The number of carbonyl (C=O) groups excluding carboxylic acids is 2. The number of piperidine rings is 1. The summed E-state index contributed by atoms with van der Waals surface area (Å²) in [5.74, 6) is -0.785. The zero-order valence-electron chi connectivity index (χ0n) is 13.0. The van der Waals surface area contributed by atoms with Gasteiger partial charge in [-0.1, -0.05) is 6.07 Å². The van der Waals surface area contributed by atoms with Crippen LogP contribution < -0.4 is 11.1 Å². The van der Waals surface area contributed by atoms with Crippen LogP contribution in [0.4, 0.5) is 0 Å². The van der Waals surface area contributed by atoms with Crippen molar-refractivity contribution in [3.8, 4) is 0 Å². The van der Waals surface area contributed by atoms with Crippen LogP contribution >= 0.6 is 0 Å². The number of nitrogens with two attached hydrogens (primary N) is 1. The lowest BCUT2D eigenvalue weighted by molar-refractivity contribution is 0.0924. The SMILES string of the molecule is CCS(=O)(=O)N1CCC(NC(=O)c2cccc(C(N)=O)c2)CC1. The second-order valence-electron chi connectivity index (χ2n) is 5.49. The first-order chi connectivity index (χ1) is 10.8. The van der Waals surface area contributed by atoms with Gasteiger partial charge in [-0.05, 0) is 38.0 Å². The minimum Gasteiger partial charge on any atom is -0.366 e. The maximum absolute atomic E-state index is 12.2. The lowest BCUT2D eigenvalue weighted by atomic mass is 10.1. The van der Waals surface area contributed by atoms with Gasteiger partial charge in [-0.3, -0.25) is 9.59 Å². The lowest BCUT2D eigenvalue weighted by Crippen LogP contribution is -2.46. The molecule has 0 radical (unpaired) electrons. The molecule has 1 aromatic carbocycles. The molecule has 1 fully saturated rings. The number of nitrogens with zero attached hydrogens (tertiary/aromatic N) is 1. The van der Waals surface area contributed by atoms with Crippen LogP contribution in [0.25, 0.3) is 0 Å². The molecule has 0 aromatic heterocycles. The maximum Gasteiger partial charge on any atom is 0.251 e. The number of rotatable bonds is 5. The van der Waals surface area contributed by atoms with Gasteiger partial charge in [-0.25, -0.2) is 12.7 Å². The fourth-order valence-corrected chi connectivity index (χ4v) is 3.68. The molecule has 7 nitrogen and oxygen atoms in total. The van der Waals surface area contributed by atoms with Gasteiger partial charge in [0.15, 0.2) is 0 Å². The third kappa shape index (κ3) is 4.29. The Kier molecular flexibility index (Phi) is 5.38. The van der Waals surface area contributed by atoms with E-state index in [1.807, 2.05) is 0 Å². The van der Waals surface area contributed by atoms with Crippen LogP contribution in [0.5, 0.6) is 0 Å². The van der Waals surface area contributed by atoms with Gasteiger partial charge in [0.2, 0.25) is 15.9 Å². The molecule has 126 valence electrons. The summed E-state index contributed by atoms with van der Waals surface area (Å²) in [6, 6.07) is 6.13. The topological polar surface area (TPSA) is 110 Å². The van der Waals surface area contributed by atoms with Crippen LogP contribution in [0.2, 0.25) is 0 Å². The van der Waals surface area contributed by atoms with Crippen molar-refractivity contribution in [3.63, 3.8) is 0 Å². The standard InChI is InChI=1S/C15H21N3O4S/c1-2-23(21,22)18-8-6-13(7-9-18)17-15(20)12-5-3-4-11(10-12)14(16)19/h3-5,10,13H,2,6-9H2,1H3,(H2,16,19)(H,17,20). The summed E-state index contributed by atoms with van der Waals surface area (Å²) in [5, 5.41) is 2.88. The van der Waals surface area contributed by atoms with E-state index >= 15 is 0 Å². The molecule has 1 heterocycles. The summed E-state index contributed by atoms with van der Waals surface area (Å²) in [4.78, 5) is 23.4. The zero-order chi connectivity index (χ0) is 17.0. The minimum atomic E-state index is -3.17. The van der Waals surface area contributed by atoms with E-state index in [2.05, 4.69) is 5.32 Å². The molecule has 1 aromatic rings. The fourth-order valence-electron chi connectivity index (χ4n) is 2.54. The summed E-state index contributed by atoms with van der Waals surface area (Å²) in [6.07, 6.45) is 1.14. The number of nitrogens with one attached hydrogen (secondary N) is 1. The third-order valence-corrected chi connectivity index (χ3v) is 5.84. The molecule has 0 unspecified atom stereocenters. The van der Waals surface area contributed by atoms with E-state index in [9.17, 15) is 18.0 Å². The van der Waals surface area contributed by atoms with Gasteiger partial charge in [-0.2, -0.15) is 0 Å². The summed E-state index contributed by atoms with van der Waals surface area (Å²) >= 11 is 0. The van der Waals surface area contributed by atoms with Gasteiger partial charge < -0.3 is 11.1 Å². The molecule has 0 saturated carbocycles. The average Bonchev–Trinajstić information content (AvgIpc) is 2.55. The quantitative estimate of drug-likeness (QED) is 0.805. The highest BCUT2D eigenvalue weighted by Crippen LogP contribution is 2.15. The number of carbonyl (C=O) groups is 2. The molecule has 2 rings (SSSR count). The van der Waals surface area contributed by atoms with Gasteiger partial charge in [0.1, 0.15) is 0 Å². The predicted molar refractivity (Wildman–Crippen MR) is 86.5 cm³/mol. The third-order valence-electron chi connectivity index (χ3n) is 3.96. The molecule has 0 aliphatic carbocycles. The molecule has 1 aliphatic rings. The molecule has 0 bridgehead atoms. The average molecular weight is 339 g/mol. The normalized spacial score (nSPS) is 16.9. The maximum atomic E-state index is 12.2. The van der Waals surface area contributed by atoms with Crippen molar-refractivity contribution >= 4 is 21.8 Å². The predicted octanol–water partition coefficient (Wildman–Crippen LogP) is 0.329. The van der Waals surface area contributed by atoms with Crippen molar-refractivity contribution in [2.24, 2.45) is 5.73 Å². The Morgan fingerprint density at radius 3 is 2.43 bits per heavy atom. The molecule has 1 aliphatic heterocycles. The molecule has 1 saturated heterocycles. The van der Waals surface area contributed by atoms with Crippen LogP contribution in [0.3, 0.4) is 0 Å². The molecular weight excluding hydrogens is 318 g/mol. The zero-order valence-corrected chi connectivity index (χ0v) is 13.8. The molecule has 8 heteroatoms. The Bertz CT molecular complexity index is 694. The summed E-state index contributed by atoms with van der Waals surface area (Å²) in [7, 11) is -3.17. The van der Waals surface area contributed by atoms with E-state index in [-0.39, 0.29) is 23.3 Å². The highest BCUT2D eigenvalue weighted by atomic mass is 32.2. The molecule has 0 atom stereocenters. The summed E-state index contributed by atoms with van der Waals surface area (Å²) in [6.45, 7) is 2.43. The number of primary amides is 1. The number of benzene rings is 1. The number of hydrogen-bond donors (Lipinski definition) is 2. The van der Waals surface area contributed by atoms with Crippen molar-refractivity contribution < 1.29 is 18.0 Å². The van der Waals surface area contributed by atoms with Crippen LogP contribution in [-0.4, -0.2) is 49.4 Å². The molecule has 0 spiro atoms. The summed E-state index contributed by atoms with van der Waals surface area (Å²) < 4.78 is 25.1. The molecule has 23 heavy (non-hydrogen) atoms. The van der Waals surface area contributed by atoms with Crippen LogP contribution in [0.15, 0.2) is 24.3 Å². The first-order valence-corrected chi connectivity index (χ1v) is 9.13. The van der Waals surface area contributed by atoms with E-state index in [0.717, 1.165) is 0 Å². The van der Waals surface area contributed by atoms with E-state index in [4.69, 9.17) is 5.73 Å². The second-order valence-corrected chi connectivity index (χ2v) is 7.75. The minimum absolute atomic E-state index is 0.0805. The Morgan fingerprint density at radius 2 is 1.87 bits per heavy atom. The molecular formula is C15H21N3O4S. The van der Waals surface area contributed by atoms with E-state index in [0.29, 0.717) is 31.5 Å². The largest absolute Gasteiger partial charge is 0.366 e. The van der Waals surface area contributed by atoms with Gasteiger partial charge in [0.05, 0.1) is 5.75 Å². The van der Waals surface area contributed by atoms with Crippen molar-refractivity contribution in [3.05, 3.63) is 35.4 Å². The first-order valence-electron chi connectivity index (χ1n) is 7.52. The van der Waals surface area contributed by atoms with Crippen LogP contribution in [0.1, 0.15) is 40.5 Å². The van der Waals surface area contributed by atoms with Gasteiger partial charge in [0.25, 0.3) is 5.91 Å². The Morgan fingerprint density at radius 1 is 1.26 bits per heavy atom. The van der Waals surface area contributed by atoms with E-state index in [1.54, 1.807) is 25.1 Å². The van der Waals surface area contributed by atoms with E-state index < -0.39 is 15.9 Å². The fraction of sp³-hybridized carbons (Fsp3) is 0.467. The van der Waals surface area contributed by atoms with Gasteiger partial charge in [0, 0.05) is 30.3 Å². The number of amides is 2. The smallest absolute Gasteiger partial charge is 0.251 e. The number of hydrogen-bond acceptors (Lipinski definition) is 4. The number of sulfonamides is 1. The first kappa shape index (κ1) is 17.4. The van der Waals surface area contributed by atoms with Crippen LogP contribution in [0, 0.1) is 0 Å². The lowest BCUT2D eigenvalue weighted by Gasteiger charge is -2.31. The van der Waals surface area contributed by atoms with Crippen molar-refractivity contribution in [1.29, 1.82) is 0 Å². The van der Waals surface area contributed by atoms with Crippen molar-refractivity contribution in [1.82, 2.24) is 9.62 Å². The van der Waals surface area contributed by atoms with Crippen molar-refractivity contribution in [2.75, 3.05) is 18.8 Å². The van der Waals surface area contributed by atoms with Gasteiger partial charge >= 0.3 is 0 Å². The van der Waals surface area contributed by atoms with Crippen LogP contribution in [-0.2, 0) is 10.0 Å². The Hall–Kier alpha value is -1.93. The highest BCUT2D eigenvalue weighted by molar-refractivity contribution is 7.89.